The summed E-state index contributed by atoms with van der Waals surface area (Å²) < 4.78 is 0. The van der Waals surface area contributed by atoms with Crippen LogP contribution in [-0.4, -0.2) is 13.1 Å². The number of nitrogens with one attached hydrogen (secondary N) is 1. The van der Waals surface area contributed by atoms with Gasteiger partial charge >= 0.3 is 0 Å². The van der Waals surface area contributed by atoms with E-state index in [-0.39, 0.29) is 0 Å². The molecule has 1 heterocycles. The molecule has 74 valence electrons. The Labute approximate surface area is 85.8 Å². The van der Waals surface area contributed by atoms with Crippen LogP contribution in [0.3, 0.4) is 0 Å². The molecule has 1 aliphatic rings. The lowest BCUT2D eigenvalue weighted by Crippen LogP contribution is -2.07. The van der Waals surface area contributed by atoms with Gasteiger partial charge in [-0.2, -0.15) is 0 Å². The lowest BCUT2D eigenvalue weighted by Gasteiger charge is -2.05. The number of allylic oxidation sites excluding steroid dienone is 1. The van der Waals surface area contributed by atoms with Crippen LogP contribution < -0.4 is 5.32 Å². The first-order valence-corrected chi connectivity index (χ1v) is 5.31. The Hall–Kier alpha value is -1.08. The molecule has 1 nitrogen and oxygen atoms in total. The Morgan fingerprint density at radius 2 is 2.14 bits per heavy atom. The van der Waals surface area contributed by atoms with Crippen LogP contribution in [0.4, 0.5) is 0 Å². The van der Waals surface area contributed by atoms with Crippen LogP contribution in [0.5, 0.6) is 0 Å². The minimum absolute atomic E-state index is 0.732. The van der Waals surface area contributed by atoms with Gasteiger partial charge in [0.05, 0.1) is 0 Å². The average Bonchev–Trinajstić information content (AvgIpc) is 2.72. The summed E-state index contributed by atoms with van der Waals surface area (Å²) in [6, 6.07) is 10.6. The number of hydrogen-bond acceptors (Lipinski definition) is 1. The normalized spacial score (nSPS) is 22.6. The SMILES string of the molecule is C/C(=C/C1CCNC1)c1ccccc1. The third kappa shape index (κ3) is 2.24. The summed E-state index contributed by atoms with van der Waals surface area (Å²) in [5.74, 6) is 0.732. The quantitative estimate of drug-likeness (QED) is 0.750. The third-order valence-corrected chi connectivity index (χ3v) is 2.81. The van der Waals surface area contributed by atoms with Crippen LogP contribution in [0.25, 0.3) is 5.57 Å². The number of hydrogen-bond donors (Lipinski definition) is 1. The second-order valence-corrected chi connectivity index (χ2v) is 3.97. The standard InChI is InChI=1S/C13H17N/c1-11(9-12-7-8-14-10-12)13-5-3-2-4-6-13/h2-6,9,12,14H,7-8,10H2,1H3/b11-9-. The fourth-order valence-corrected chi connectivity index (χ4v) is 1.97. The van der Waals surface area contributed by atoms with Gasteiger partial charge in [0.15, 0.2) is 0 Å². The molecule has 0 aromatic heterocycles. The van der Waals surface area contributed by atoms with E-state index in [2.05, 4.69) is 48.6 Å². The molecule has 1 saturated heterocycles. The summed E-state index contributed by atoms with van der Waals surface area (Å²) >= 11 is 0. The highest BCUT2D eigenvalue weighted by Gasteiger charge is 2.11. The number of rotatable bonds is 2. The van der Waals surface area contributed by atoms with Crippen LogP contribution in [0.2, 0.25) is 0 Å². The Kier molecular flexibility index (Phi) is 3.00. The molecule has 1 aromatic rings. The Bertz CT molecular complexity index is 307. The molecule has 1 aromatic carbocycles. The molecule has 0 bridgehead atoms. The maximum absolute atomic E-state index is 3.38. The van der Waals surface area contributed by atoms with Crippen molar-refractivity contribution < 1.29 is 0 Å². The van der Waals surface area contributed by atoms with Gasteiger partial charge in [0.25, 0.3) is 0 Å². The van der Waals surface area contributed by atoms with Crippen molar-refractivity contribution >= 4 is 5.57 Å². The molecule has 1 atom stereocenters. The molecular formula is C13H17N. The Morgan fingerprint density at radius 1 is 1.36 bits per heavy atom. The second-order valence-electron chi connectivity index (χ2n) is 3.97. The predicted molar refractivity (Wildman–Crippen MR) is 61.1 cm³/mol. The van der Waals surface area contributed by atoms with E-state index in [4.69, 9.17) is 0 Å². The van der Waals surface area contributed by atoms with Crippen molar-refractivity contribution in [2.45, 2.75) is 13.3 Å². The highest BCUT2D eigenvalue weighted by Crippen LogP contribution is 2.18. The van der Waals surface area contributed by atoms with Crippen molar-refractivity contribution in [2.75, 3.05) is 13.1 Å². The van der Waals surface area contributed by atoms with Gasteiger partial charge < -0.3 is 5.32 Å². The fourth-order valence-electron chi connectivity index (χ4n) is 1.97. The van der Waals surface area contributed by atoms with E-state index in [1.165, 1.54) is 24.1 Å². The highest BCUT2D eigenvalue weighted by atomic mass is 14.9. The molecule has 0 spiro atoms. The number of benzene rings is 1. The molecule has 1 aliphatic heterocycles. The van der Waals surface area contributed by atoms with Gasteiger partial charge in [-0.3, -0.25) is 0 Å². The van der Waals surface area contributed by atoms with Crippen molar-refractivity contribution in [3.05, 3.63) is 42.0 Å². The van der Waals surface area contributed by atoms with E-state index >= 15 is 0 Å². The predicted octanol–water partition coefficient (Wildman–Crippen LogP) is 2.70. The first kappa shape index (κ1) is 9.47. The van der Waals surface area contributed by atoms with E-state index in [0.717, 1.165) is 12.5 Å². The van der Waals surface area contributed by atoms with Crippen molar-refractivity contribution in [3.8, 4) is 0 Å². The summed E-state index contributed by atoms with van der Waals surface area (Å²) in [5, 5.41) is 3.38. The maximum atomic E-state index is 3.38. The zero-order valence-corrected chi connectivity index (χ0v) is 8.66. The van der Waals surface area contributed by atoms with E-state index in [1.807, 2.05) is 0 Å². The van der Waals surface area contributed by atoms with Gasteiger partial charge in [0.2, 0.25) is 0 Å². The van der Waals surface area contributed by atoms with Gasteiger partial charge in [-0.05, 0) is 36.9 Å². The van der Waals surface area contributed by atoms with Crippen molar-refractivity contribution in [1.82, 2.24) is 5.32 Å². The average molecular weight is 187 g/mol. The topological polar surface area (TPSA) is 12.0 Å². The third-order valence-electron chi connectivity index (χ3n) is 2.81. The van der Waals surface area contributed by atoms with Gasteiger partial charge in [-0.15, -0.1) is 0 Å². The van der Waals surface area contributed by atoms with Gasteiger partial charge in [0, 0.05) is 6.54 Å². The van der Waals surface area contributed by atoms with E-state index in [0.29, 0.717) is 0 Å². The summed E-state index contributed by atoms with van der Waals surface area (Å²) in [5.41, 5.74) is 2.75. The molecule has 0 amide bonds. The largest absolute Gasteiger partial charge is 0.316 e. The Balaban J connectivity index is 2.10. The minimum Gasteiger partial charge on any atom is -0.316 e. The molecule has 0 saturated carbocycles. The molecule has 2 rings (SSSR count). The van der Waals surface area contributed by atoms with Gasteiger partial charge in [-0.25, -0.2) is 0 Å². The molecule has 1 fully saturated rings. The summed E-state index contributed by atoms with van der Waals surface area (Å²) in [4.78, 5) is 0. The molecule has 14 heavy (non-hydrogen) atoms. The lowest BCUT2D eigenvalue weighted by molar-refractivity contribution is 0.729. The van der Waals surface area contributed by atoms with Crippen molar-refractivity contribution in [3.63, 3.8) is 0 Å². The fraction of sp³-hybridized carbons (Fsp3) is 0.385. The maximum Gasteiger partial charge on any atom is 0.00149 e. The van der Waals surface area contributed by atoms with Crippen LogP contribution in [0.1, 0.15) is 18.9 Å². The molecule has 1 unspecified atom stereocenters. The zero-order valence-electron chi connectivity index (χ0n) is 8.66. The van der Waals surface area contributed by atoms with Crippen LogP contribution in [-0.2, 0) is 0 Å². The monoisotopic (exact) mass is 187 g/mol. The smallest absolute Gasteiger partial charge is 0.00149 e. The van der Waals surface area contributed by atoms with Crippen LogP contribution in [0.15, 0.2) is 36.4 Å². The Morgan fingerprint density at radius 3 is 2.79 bits per heavy atom. The minimum atomic E-state index is 0.732. The van der Waals surface area contributed by atoms with Crippen molar-refractivity contribution in [1.29, 1.82) is 0 Å². The summed E-state index contributed by atoms with van der Waals surface area (Å²) in [7, 11) is 0. The molecule has 1 heteroatoms. The first-order chi connectivity index (χ1) is 6.86. The summed E-state index contributed by atoms with van der Waals surface area (Å²) in [6.45, 7) is 4.51. The van der Waals surface area contributed by atoms with Gasteiger partial charge in [-0.1, -0.05) is 36.4 Å². The van der Waals surface area contributed by atoms with Gasteiger partial charge in [0.1, 0.15) is 0 Å². The molecular weight excluding hydrogens is 170 g/mol. The molecule has 0 radical (unpaired) electrons. The second kappa shape index (κ2) is 4.43. The summed E-state index contributed by atoms with van der Waals surface area (Å²) in [6.07, 6.45) is 3.68. The molecule has 0 aliphatic carbocycles. The highest BCUT2D eigenvalue weighted by molar-refractivity contribution is 5.63. The van der Waals surface area contributed by atoms with E-state index < -0.39 is 0 Å². The van der Waals surface area contributed by atoms with Crippen LogP contribution >= 0.6 is 0 Å². The first-order valence-electron chi connectivity index (χ1n) is 5.31. The zero-order chi connectivity index (χ0) is 9.80. The van der Waals surface area contributed by atoms with Crippen LogP contribution in [0, 0.1) is 5.92 Å². The molecule has 1 N–H and O–H groups in total. The lowest BCUT2D eigenvalue weighted by atomic mass is 10.0. The van der Waals surface area contributed by atoms with Crippen molar-refractivity contribution in [2.24, 2.45) is 5.92 Å². The van der Waals surface area contributed by atoms with E-state index in [9.17, 15) is 0 Å². The van der Waals surface area contributed by atoms with E-state index in [1.54, 1.807) is 0 Å².